The fourth-order valence-electron chi connectivity index (χ4n) is 1.55. The highest BCUT2D eigenvalue weighted by Crippen LogP contribution is 2.34. The zero-order valence-electron chi connectivity index (χ0n) is 10.2. The molecular weight excluding hydrogens is 330 g/mol. The third-order valence-electron chi connectivity index (χ3n) is 2.28. The number of halogens is 1. The molecule has 0 saturated heterocycles. The second kappa shape index (κ2) is 6.14. The van der Waals surface area contributed by atoms with Crippen LogP contribution in [0.3, 0.4) is 0 Å². The Morgan fingerprint density at radius 2 is 2.22 bits per heavy atom. The van der Waals surface area contributed by atoms with Crippen molar-refractivity contribution in [2.24, 2.45) is 5.73 Å². The van der Waals surface area contributed by atoms with E-state index in [1.165, 1.54) is 10.5 Å². The van der Waals surface area contributed by atoms with E-state index in [4.69, 9.17) is 5.73 Å². The molecule has 0 radical (unpaired) electrons. The molecule has 1 aromatic carbocycles. The van der Waals surface area contributed by atoms with Gasteiger partial charge in [0, 0.05) is 15.4 Å². The largest absolute Gasteiger partial charge is 0.328 e. The zero-order chi connectivity index (χ0) is 13.1. The maximum atomic E-state index is 5.88. The van der Waals surface area contributed by atoms with E-state index in [1.54, 1.807) is 23.1 Å². The molecule has 0 bridgehead atoms. The van der Waals surface area contributed by atoms with Crippen LogP contribution in [0.4, 0.5) is 0 Å². The maximum Gasteiger partial charge on any atom is 0.179 e. The Bertz CT molecular complexity index is 540. The third kappa shape index (κ3) is 3.78. The van der Waals surface area contributed by atoms with Crippen LogP contribution in [0.25, 0.3) is 0 Å². The van der Waals surface area contributed by atoms with Crippen LogP contribution in [0.2, 0.25) is 0 Å². The average molecular weight is 344 g/mol. The summed E-state index contributed by atoms with van der Waals surface area (Å²) in [6, 6.07) is 6.43. The molecule has 0 spiro atoms. The molecule has 96 valence electrons. The van der Waals surface area contributed by atoms with Gasteiger partial charge in [-0.25, -0.2) is 0 Å². The molecule has 0 fully saturated rings. The number of nitrogens with two attached hydrogens (primary N) is 1. The Kier molecular flexibility index (Phi) is 4.77. The number of hydrogen-bond acceptors (Lipinski definition) is 5. The molecule has 0 amide bonds. The van der Waals surface area contributed by atoms with E-state index in [1.807, 2.05) is 19.9 Å². The third-order valence-corrected chi connectivity index (χ3v) is 4.76. The van der Waals surface area contributed by atoms with Crippen LogP contribution in [0.5, 0.6) is 0 Å². The Morgan fingerprint density at radius 3 is 2.83 bits per heavy atom. The first-order chi connectivity index (χ1) is 8.54. The minimum absolute atomic E-state index is 0.154. The van der Waals surface area contributed by atoms with Crippen LogP contribution in [-0.4, -0.2) is 16.2 Å². The smallest absolute Gasteiger partial charge is 0.179 e. The molecule has 1 unspecified atom stereocenters. The molecule has 0 aliphatic carbocycles. The van der Waals surface area contributed by atoms with Crippen molar-refractivity contribution >= 4 is 39.0 Å². The summed E-state index contributed by atoms with van der Waals surface area (Å²) >= 11 is 6.76. The van der Waals surface area contributed by atoms with Gasteiger partial charge in [0.05, 0.1) is 0 Å². The lowest BCUT2D eigenvalue weighted by atomic mass is 10.1. The Labute approximate surface area is 123 Å². The van der Waals surface area contributed by atoms with Crippen LogP contribution in [0.15, 0.2) is 31.9 Å². The number of aromatic nitrogens is 2. The normalized spacial score (nSPS) is 12.7. The first-order valence-corrected chi connectivity index (χ1v) is 7.99. The molecular formula is C12H14BrN3S2. The van der Waals surface area contributed by atoms with E-state index in [0.717, 1.165) is 20.2 Å². The van der Waals surface area contributed by atoms with Gasteiger partial charge in [0.1, 0.15) is 5.01 Å². The van der Waals surface area contributed by atoms with Gasteiger partial charge in [0.25, 0.3) is 0 Å². The number of hydrogen-bond donors (Lipinski definition) is 1. The summed E-state index contributed by atoms with van der Waals surface area (Å²) in [6.45, 7) is 3.98. The predicted molar refractivity (Wildman–Crippen MR) is 80.3 cm³/mol. The summed E-state index contributed by atoms with van der Waals surface area (Å²) in [4.78, 5) is 1.19. The molecule has 18 heavy (non-hydrogen) atoms. The molecule has 1 atom stereocenters. The quantitative estimate of drug-likeness (QED) is 0.920. The van der Waals surface area contributed by atoms with Gasteiger partial charge in [0.2, 0.25) is 0 Å². The van der Waals surface area contributed by atoms with E-state index < -0.39 is 0 Å². The van der Waals surface area contributed by atoms with Gasteiger partial charge in [-0.2, -0.15) is 0 Å². The molecule has 0 saturated carbocycles. The van der Waals surface area contributed by atoms with Crippen molar-refractivity contribution in [1.29, 1.82) is 0 Å². The molecule has 3 nitrogen and oxygen atoms in total. The number of aryl methyl sites for hydroxylation is 1. The maximum absolute atomic E-state index is 5.88. The lowest BCUT2D eigenvalue weighted by molar-refractivity contribution is 0.729. The summed E-state index contributed by atoms with van der Waals surface area (Å²) < 4.78 is 2.04. The first kappa shape index (κ1) is 14.0. The second-order valence-electron chi connectivity index (χ2n) is 4.12. The molecule has 6 heteroatoms. The Balaban J connectivity index is 2.27. The zero-order valence-corrected chi connectivity index (χ0v) is 13.4. The van der Waals surface area contributed by atoms with Crippen LogP contribution in [-0.2, 0) is 6.42 Å². The van der Waals surface area contributed by atoms with Crippen LogP contribution in [0.1, 0.15) is 17.5 Å². The van der Waals surface area contributed by atoms with Gasteiger partial charge in [-0.15, -0.1) is 10.2 Å². The summed E-state index contributed by atoms with van der Waals surface area (Å²) in [7, 11) is 0. The Hall–Kier alpha value is -0.430. The second-order valence-corrected chi connectivity index (χ2v) is 7.51. The SMILES string of the molecule is Cc1nnc(Sc2cc(Br)ccc2CC(C)N)s1. The van der Waals surface area contributed by atoms with Crippen LogP contribution < -0.4 is 5.73 Å². The van der Waals surface area contributed by atoms with Crippen molar-refractivity contribution in [2.75, 3.05) is 0 Å². The minimum atomic E-state index is 0.154. The van der Waals surface area contributed by atoms with Crippen molar-refractivity contribution in [1.82, 2.24) is 10.2 Å². The fourth-order valence-corrected chi connectivity index (χ4v) is 4.02. The fraction of sp³-hybridized carbons (Fsp3) is 0.333. The predicted octanol–water partition coefficient (Wildman–Crippen LogP) is 3.65. The number of rotatable bonds is 4. The van der Waals surface area contributed by atoms with E-state index in [9.17, 15) is 0 Å². The van der Waals surface area contributed by atoms with Gasteiger partial charge in [-0.3, -0.25) is 0 Å². The highest BCUT2D eigenvalue weighted by Gasteiger charge is 2.10. The summed E-state index contributed by atoms with van der Waals surface area (Å²) in [6.07, 6.45) is 0.868. The molecule has 2 rings (SSSR count). The van der Waals surface area contributed by atoms with E-state index in [2.05, 4.69) is 38.3 Å². The number of nitrogens with zero attached hydrogens (tertiary/aromatic N) is 2. The summed E-state index contributed by atoms with van der Waals surface area (Å²) in [5.74, 6) is 0. The van der Waals surface area contributed by atoms with Gasteiger partial charge < -0.3 is 5.73 Å². The van der Waals surface area contributed by atoms with Gasteiger partial charge >= 0.3 is 0 Å². The highest BCUT2D eigenvalue weighted by molar-refractivity contribution is 9.10. The van der Waals surface area contributed by atoms with Crippen LogP contribution in [0, 0.1) is 6.92 Å². The highest BCUT2D eigenvalue weighted by atomic mass is 79.9. The van der Waals surface area contributed by atoms with Crippen molar-refractivity contribution in [3.63, 3.8) is 0 Å². The lowest BCUT2D eigenvalue weighted by Crippen LogP contribution is -2.18. The van der Waals surface area contributed by atoms with E-state index in [-0.39, 0.29) is 6.04 Å². The van der Waals surface area contributed by atoms with E-state index >= 15 is 0 Å². The topological polar surface area (TPSA) is 51.8 Å². The lowest BCUT2D eigenvalue weighted by Gasteiger charge is -2.10. The van der Waals surface area contributed by atoms with Crippen molar-refractivity contribution < 1.29 is 0 Å². The molecule has 2 aromatic rings. The van der Waals surface area contributed by atoms with Crippen LogP contribution >= 0.6 is 39.0 Å². The molecule has 2 N–H and O–H groups in total. The summed E-state index contributed by atoms with van der Waals surface area (Å²) in [5.41, 5.74) is 7.14. The van der Waals surface area contributed by atoms with Crippen molar-refractivity contribution in [3.8, 4) is 0 Å². The monoisotopic (exact) mass is 343 g/mol. The van der Waals surface area contributed by atoms with Crippen molar-refractivity contribution in [2.45, 2.75) is 35.5 Å². The first-order valence-electron chi connectivity index (χ1n) is 5.56. The summed E-state index contributed by atoms with van der Waals surface area (Å²) in [5, 5.41) is 9.17. The van der Waals surface area contributed by atoms with Gasteiger partial charge in [0.15, 0.2) is 4.34 Å². The van der Waals surface area contributed by atoms with Gasteiger partial charge in [-0.05, 0) is 38.0 Å². The molecule has 1 aromatic heterocycles. The van der Waals surface area contributed by atoms with Gasteiger partial charge in [-0.1, -0.05) is 45.1 Å². The average Bonchev–Trinajstić information content (AvgIpc) is 2.67. The molecule has 0 aliphatic rings. The Morgan fingerprint density at radius 1 is 1.44 bits per heavy atom. The minimum Gasteiger partial charge on any atom is -0.328 e. The van der Waals surface area contributed by atoms with E-state index in [0.29, 0.717) is 0 Å². The molecule has 0 aliphatic heterocycles. The number of benzene rings is 1. The standard InChI is InChI=1S/C12H14BrN3S2/c1-7(14)5-9-3-4-10(13)6-11(9)18-12-16-15-8(2)17-12/h3-4,6-7H,5,14H2,1-2H3. The molecule has 1 heterocycles. The van der Waals surface area contributed by atoms with Crippen molar-refractivity contribution in [3.05, 3.63) is 33.2 Å².